The molecule has 5 rings (SSSR count). The van der Waals surface area contributed by atoms with Crippen LogP contribution in [0.5, 0.6) is 0 Å². The van der Waals surface area contributed by atoms with E-state index in [0.717, 1.165) is 51.4 Å². The molecule has 0 unspecified atom stereocenters. The van der Waals surface area contributed by atoms with Crippen LogP contribution < -0.4 is 5.73 Å². The Bertz CT molecular complexity index is 1330. The molecule has 5 nitrogen and oxygen atoms in total. The molecule has 2 heterocycles. The molecule has 0 aliphatic carbocycles. The summed E-state index contributed by atoms with van der Waals surface area (Å²) in [4.78, 5) is 2.18. The van der Waals surface area contributed by atoms with Crippen molar-refractivity contribution in [3.63, 3.8) is 0 Å². The van der Waals surface area contributed by atoms with Crippen LogP contribution in [0, 0.1) is 5.82 Å². The van der Waals surface area contributed by atoms with Gasteiger partial charge in [-0.2, -0.15) is 5.10 Å². The number of rotatable bonds is 6. The molecule has 7 heteroatoms. The van der Waals surface area contributed by atoms with Gasteiger partial charge in [0, 0.05) is 34.7 Å². The fraction of sp³-hybridized carbons (Fsp3) is 0.148. The number of anilines is 1. The Morgan fingerprint density at radius 2 is 1.82 bits per heavy atom. The Morgan fingerprint density at radius 3 is 2.56 bits per heavy atom. The first kappa shape index (κ1) is 22.2. The predicted octanol–water partition coefficient (Wildman–Crippen LogP) is 6.46. The van der Waals surface area contributed by atoms with Crippen LogP contribution in [-0.2, 0) is 11.2 Å². The van der Waals surface area contributed by atoms with E-state index in [1.807, 2.05) is 66.5 Å². The molecule has 1 aromatic heterocycles. The molecule has 0 saturated heterocycles. The maximum Gasteiger partial charge on any atom is 0.201 e. The minimum Gasteiger partial charge on any atom is -0.469 e. The van der Waals surface area contributed by atoms with E-state index >= 15 is 0 Å². The van der Waals surface area contributed by atoms with Crippen LogP contribution in [0.1, 0.15) is 24.3 Å². The summed E-state index contributed by atoms with van der Waals surface area (Å²) >= 11 is 3.48. The third kappa shape index (κ3) is 4.70. The molecule has 0 spiro atoms. The Labute approximate surface area is 206 Å². The van der Waals surface area contributed by atoms with Crippen LogP contribution in [-0.4, -0.2) is 21.2 Å². The number of aromatic nitrogens is 2. The second-order valence-electron chi connectivity index (χ2n) is 8.30. The minimum atomic E-state index is -0.342. The lowest BCUT2D eigenvalue weighted by Gasteiger charge is -2.24. The number of ether oxygens (including phenoxy) is 1. The Balaban J connectivity index is 1.51. The molecule has 0 bridgehead atoms. The van der Waals surface area contributed by atoms with Crippen molar-refractivity contribution < 1.29 is 9.13 Å². The Kier molecular flexibility index (Phi) is 6.11. The summed E-state index contributed by atoms with van der Waals surface area (Å²) < 4.78 is 22.7. The van der Waals surface area contributed by atoms with E-state index in [-0.39, 0.29) is 12.0 Å². The summed E-state index contributed by atoms with van der Waals surface area (Å²) in [6.45, 7) is 2.70. The van der Waals surface area contributed by atoms with Gasteiger partial charge >= 0.3 is 0 Å². The van der Waals surface area contributed by atoms with Crippen molar-refractivity contribution in [3.8, 4) is 16.9 Å². The molecule has 4 aromatic rings. The van der Waals surface area contributed by atoms with E-state index in [2.05, 4.69) is 26.9 Å². The van der Waals surface area contributed by atoms with Crippen LogP contribution in [0.2, 0.25) is 0 Å². The van der Waals surface area contributed by atoms with Crippen LogP contribution >= 0.6 is 15.9 Å². The first-order valence-corrected chi connectivity index (χ1v) is 11.8. The van der Waals surface area contributed by atoms with Gasteiger partial charge < -0.3 is 15.4 Å². The predicted molar refractivity (Wildman–Crippen MR) is 136 cm³/mol. The van der Waals surface area contributed by atoms with E-state index < -0.39 is 0 Å². The molecular formula is C27H24BrFN4O. The zero-order valence-corrected chi connectivity index (χ0v) is 20.2. The zero-order valence-electron chi connectivity index (χ0n) is 18.7. The topological polar surface area (TPSA) is 56.3 Å². The van der Waals surface area contributed by atoms with Crippen LogP contribution in [0.25, 0.3) is 16.9 Å². The van der Waals surface area contributed by atoms with Gasteiger partial charge in [0.05, 0.1) is 11.3 Å². The zero-order chi connectivity index (χ0) is 23.7. The van der Waals surface area contributed by atoms with Crippen LogP contribution in [0.4, 0.5) is 10.1 Å². The summed E-state index contributed by atoms with van der Waals surface area (Å²) in [5.41, 5.74) is 11.3. The van der Waals surface area contributed by atoms with Crippen molar-refractivity contribution in [2.45, 2.75) is 19.6 Å². The maximum atomic E-state index is 13.6. The number of benzene rings is 3. The molecule has 1 atom stereocenters. The molecule has 2 N–H and O–H groups in total. The SMILES string of the molecule is CC1=CN(CCc2cccc(N)c2)[C@H](c2cn(-c3ccc(Br)cc3)nc2-c2ccc(F)cc2)O1. The molecule has 3 aromatic carbocycles. The normalized spacial score (nSPS) is 15.3. The fourth-order valence-electron chi connectivity index (χ4n) is 4.13. The molecule has 0 amide bonds. The molecule has 1 aliphatic rings. The summed E-state index contributed by atoms with van der Waals surface area (Å²) in [5, 5.41) is 4.88. The lowest BCUT2D eigenvalue weighted by molar-refractivity contribution is 0.0444. The van der Waals surface area contributed by atoms with Gasteiger partial charge in [0.15, 0.2) is 0 Å². The van der Waals surface area contributed by atoms with Gasteiger partial charge in [-0.05, 0) is 79.6 Å². The smallest absolute Gasteiger partial charge is 0.201 e. The maximum absolute atomic E-state index is 13.6. The van der Waals surface area contributed by atoms with E-state index in [9.17, 15) is 4.39 Å². The third-order valence-corrected chi connectivity index (χ3v) is 6.30. The van der Waals surface area contributed by atoms with Crippen molar-refractivity contribution in [2.24, 2.45) is 0 Å². The van der Waals surface area contributed by atoms with E-state index in [4.69, 9.17) is 15.6 Å². The average molecular weight is 519 g/mol. The highest BCUT2D eigenvalue weighted by atomic mass is 79.9. The van der Waals surface area contributed by atoms with Gasteiger partial charge in [-0.25, -0.2) is 9.07 Å². The standard InChI is InChI=1S/C27H24BrFN4O/c1-18-16-32(14-13-19-3-2-4-23(30)15-19)27(34-18)25-17-33(24-11-7-21(28)8-12-24)31-26(25)20-5-9-22(29)10-6-20/h2-12,15-17,27H,13-14,30H2,1H3/t27-/m0/s1. The monoisotopic (exact) mass is 518 g/mol. The largest absolute Gasteiger partial charge is 0.469 e. The van der Waals surface area contributed by atoms with Crippen molar-refractivity contribution in [1.29, 1.82) is 0 Å². The molecular weight excluding hydrogens is 495 g/mol. The first-order chi connectivity index (χ1) is 16.5. The van der Waals surface area contributed by atoms with Gasteiger partial charge in [0.1, 0.15) is 17.3 Å². The second kappa shape index (κ2) is 9.35. The lowest BCUT2D eigenvalue weighted by atomic mass is 10.1. The fourth-order valence-corrected chi connectivity index (χ4v) is 4.40. The van der Waals surface area contributed by atoms with Crippen LogP contribution in [0.15, 0.2) is 95.4 Å². The summed E-state index contributed by atoms with van der Waals surface area (Å²) in [7, 11) is 0. The highest BCUT2D eigenvalue weighted by molar-refractivity contribution is 9.10. The van der Waals surface area contributed by atoms with E-state index in [0.29, 0.717) is 0 Å². The Morgan fingerprint density at radius 1 is 1.06 bits per heavy atom. The van der Waals surface area contributed by atoms with Gasteiger partial charge in [0.25, 0.3) is 0 Å². The number of hydrogen-bond donors (Lipinski definition) is 1. The highest BCUT2D eigenvalue weighted by Gasteiger charge is 2.30. The number of nitrogens with two attached hydrogens (primary N) is 1. The summed E-state index contributed by atoms with van der Waals surface area (Å²) in [6.07, 6.45) is 4.50. The lowest BCUT2D eigenvalue weighted by Crippen LogP contribution is -2.23. The number of allylic oxidation sites excluding steroid dienone is 1. The van der Waals surface area contributed by atoms with E-state index in [1.165, 1.54) is 17.7 Å². The van der Waals surface area contributed by atoms with Crippen LogP contribution in [0.3, 0.4) is 0 Å². The van der Waals surface area contributed by atoms with Crippen molar-refractivity contribution in [1.82, 2.24) is 14.7 Å². The number of halogens is 2. The first-order valence-electron chi connectivity index (χ1n) is 11.0. The Hall–Kier alpha value is -3.58. The molecule has 0 saturated carbocycles. The summed E-state index contributed by atoms with van der Waals surface area (Å²) in [6, 6.07) is 22.3. The number of nitrogens with zero attached hydrogens (tertiary/aromatic N) is 3. The van der Waals surface area contributed by atoms with Crippen molar-refractivity contribution in [2.75, 3.05) is 12.3 Å². The van der Waals surface area contributed by atoms with Gasteiger partial charge in [-0.3, -0.25) is 0 Å². The molecule has 34 heavy (non-hydrogen) atoms. The quantitative estimate of drug-likeness (QED) is 0.297. The van der Waals surface area contributed by atoms with Crippen molar-refractivity contribution in [3.05, 3.63) is 112 Å². The minimum absolute atomic E-state index is 0.281. The molecule has 0 radical (unpaired) electrons. The molecule has 0 fully saturated rings. The van der Waals surface area contributed by atoms with Gasteiger partial charge in [-0.15, -0.1) is 0 Å². The third-order valence-electron chi connectivity index (χ3n) is 5.77. The van der Waals surface area contributed by atoms with Gasteiger partial charge in [-0.1, -0.05) is 28.1 Å². The second-order valence-corrected chi connectivity index (χ2v) is 9.22. The molecule has 1 aliphatic heterocycles. The van der Waals surface area contributed by atoms with Gasteiger partial charge in [0.2, 0.25) is 6.23 Å². The number of nitrogen functional groups attached to an aromatic ring is 1. The van der Waals surface area contributed by atoms with E-state index in [1.54, 1.807) is 12.1 Å². The molecule has 172 valence electrons. The summed E-state index contributed by atoms with van der Waals surface area (Å²) in [5.74, 6) is 0.551. The van der Waals surface area contributed by atoms with Crippen molar-refractivity contribution >= 4 is 21.6 Å². The highest BCUT2D eigenvalue weighted by Crippen LogP contribution is 2.37. The average Bonchev–Trinajstić information content (AvgIpc) is 3.42. The number of hydrogen-bond acceptors (Lipinski definition) is 4.